The summed E-state index contributed by atoms with van der Waals surface area (Å²) in [5.74, 6) is -1.48. The summed E-state index contributed by atoms with van der Waals surface area (Å²) in [5, 5.41) is 4.08. The molecule has 1 heterocycles. The molecule has 0 fully saturated rings. The number of aryl methyl sites for hydroxylation is 2. The third kappa shape index (κ3) is 2.89. The van der Waals surface area contributed by atoms with E-state index in [1.807, 2.05) is 0 Å². The molecular weight excluding hydrogens is 312 g/mol. The number of benzene rings is 1. The number of hydrogen-bond donors (Lipinski definition) is 0. The summed E-state index contributed by atoms with van der Waals surface area (Å²) in [4.78, 5) is 0.111. The van der Waals surface area contributed by atoms with E-state index in [0.717, 1.165) is 16.4 Å². The third-order valence-electron chi connectivity index (χ3n) is 3.52. The van der Waals surface area contributed by atoms with Gasteiger partial charge in [-0.3, -0.25) is 4.68 Å². The van der Waals surface area contributed by atoms with Crippen LogP contribution in [0, 0.1) is 25.5 Å². The Bertz CT molecular complexity index is 816. The van der Waals surface area contributed by atoms with Crippen LogP contribution in [0.2, 0.25) is 0 Å². The number of halogens is 2. The van der Waals surface area contributed by atoms with Crippen molar-refractivity contribution in [2.75, 3.05) is 7.05 Å². The Balaban J connectivity index is 2.37. The van der Waals surface area contributed by atoms with Gasteiger partial charge in [-0.05, 0) is 19.9 Å². The van der Waals surface area contributed by atoms with Crippen LogP contribution in [0.4, 0.5) is 8.78 Å². The van der Waals surface area contributed by atoms with Crippen LogP contribution in [-0.4, -0.2) is 29.6 Å². The van der Waals surface area contributed by atoms with Crippen molar-refractivity contribution in [3.05, 3.63) is 46.8 Å². The van der Waals surface area contributed by atoms with Crippen molar-refractivity contribution in [3.8, 4) is 0 Å². The number of sulfonamides is 1. The van der Waals surface area contributed by atoms with Crippen molar-refractivity contribution in [2.24, 2.45) is 7.05 Å². The molecule has 120 valence electrons. The molecule has 8 heteroatoms. The van der Waals surface area contributed by atoms with Gasteiger partial charge in [0.25, 0.3) is 0 Å². The van der Waals surface area contributed by atoms with E-state index in [2.05, 4.69) is 5.10 Å². The standard InChI is InChI=1S/C14H17F2N3O2S/c1-9-14(10(2)19(4)17-9)22(20,21)18(3)8-11-5-6-12(15)7-13(11)16/h5-7H,8H2,1-4H3. The first-order valence-corrected chi connectivity index (χ1v) is 7.99. The third-order valence-corrected chi connectivity index (χ3v) is 5.58. The van der Waals surface area contributed by atoms with Crippen molar-refractivity contribution >= 4 is 10.0 Å². The van der Waals surface area contributed by atoms with E-state index in [0.29, 0.717) is 11.4 Å². The molecule has 22 heavy (non-hydrogen) atoms. The van der Waals surface area contributed by atoms with Crippen LogP contribution in [0.25, 0.3) is 0 Å². The molecule has 0 saturated heterocycles. The van der Waals surface area contributed by atoms with Gasteiger partial charge in [-0.15, -0.1) is 0 Å². The number of aromatic nitrogens is 2. The Morgan fingerprint density at radius 3 is 2.41 bits per heavy atom. The van der Waals surface area contributed by atoms with E-state index >= 15 is 0 Å². The topological polar surface area (TPSA) is 55.2 Å². The summed E-state index contributed by atoms with van der Waals surface area (Å²) in [6.45, 7) is 3.06. The zero-order chi connectivity index (χ0) is 16.7. The van der Waals surface area contributed by atoms with E-state index in [4.69, 9.17) is 0 Å². The molecule has 0 spiro atoms. The fourth-order valence-electron chi connectivity index (χ4n) is 2.26. The van der Waals surface area contributed by atoms with Crippen LogP contribution in [0.5, 0.6) is 0 Å². The van der Waals surface area contributed by atoms with E-state index in [9.17, 15) is 17.2 Å². The van der Waals surface area contributed by atoms with Crippen LogP contribution in [0.3, 0.4) is 0 Å². The zero-order valence-electron chi connectivity index (χ0n) is 12.8. The Morgan fingerprint density at radius 2 is 1.91 bits per heavy atom. The van der Waals surface area contributed by atoms with Gasteiger partial charge < -0.3 is 0 Å². The summed E-state index contributed by atoms with van der Waals surface area (Å²) in [7, 11) is -0.810. The normalized spacial score (nSPS) is 12.1. The molecule has 5 nitrogen and oxygen atoms in total. The predicted octanol–water partition coefficient (Wildman–Crippen LogP) is 2.14. The average Bonchev–Trinajstić information content (AvgIpc) is 2.66. The minimum absolute atomic E-state index is 0.103. The molecular formula is C14H17F2N3O2S. The molecule has 0 bridgehead atoms. The van der Waals surface area contributed by atoms with Gasteiger partial charge in [-0.1, -0.05) is 6.07 Å². The van der Waals surface area contributed by atoms with Gasteiger partial charge in [0.2, 0.25) is 10.0 Å². The van der Waals surface area contributed by atoms with Crippen LogP contribution in [0.15, 0.2) is 23.1 Å². The summed E-state index contributed by atoms with van der Waals surface area (Å²) >= 11 is 0. The van der Waals surface area contributed by atoms with Crippen molar-refractivity contribution in [1.82, 2.24) is 14.1 Å². The van der Waals surface area contributed by atoms with Crippen LogP contribution in [-0.2, 0) is 23.6 Å². The van der Waals surface area contributed by atoms with Gasteiger partial charge >= 0.3 is 0 Å². The molecule has 1 aromatic heterocycles. The highest BCUT2D eigenvalue weighted by Crippen LogP contribution is 2.24. The van der Waals surface area contributed by atoms with Crippen LogP contribution < -0.4 is 0 Å². The van der Waals surface area contributed by atoms with Gasteiger partial charge in [-0.25, -0.2) is 17.2 Å². The minimum atomic E-state index is -3.81. The highest BCUT2D eigenvalue weighted by Gasteiger charge is 2.28. The van der Waals surface area contributed by atoms with Gasteiger partial charge in [0, 0.05) is 32.3 Å². The molecule has 0 N–H and O–H groups in total. The number of nitrogens with zero attached hydrogens (tertiary/aromatic N) is 3. The quantitative estimate of drug-likeness (QED) is 0.863. The number of hydrogen-bond acceptors (Lipinski definition) is 3. The summed E-state index contributed by atoms with van der Waals surface area (Å²) < 4.78 is 54.4. The molecule has 0 radical (unpaired) electrons. The van der Waals surface area contributed by atoms with E-state index in [1.165, 1.54) is 17.8 Å². The number of rotatable bonds is 4. The highest BCUT2D eigenvalue weighted by molar-refractivity contribution is 7.89. The van der Waals surface area contributed by atoms with Crippen molar-refractivity contribution < 1.29 is 17.2 Å². The van der Waals surface area contributed by atoms with Gasteiger partial charge in [0.05, 0.1) is 11.4 Å². The molecule has 0 atom stereocenters. The molecule has 0 aliphatic rings. The van der Waals surface area contributed by atoms with Gasteiger partial charge in [0.1, 0.15) is 16.5 Å². The summed E-state index contributed by atoms with van der Waals surface area (Å²) in [6.07, 6.45) is 0. The lowest BCUT2D eigenvalue weighted by atomic mass is 10.2. The average molecular weight is 329 g/mol. The molecule has 0 aliphatic carbocycles. The summed E-state index contributed by atoms with van der Waals surface area (Å²) in [6, 6.07) is 3.06. The molecule has 2 aromatic rings. The van der Waals surface area contributed by atoms with Crippen molar-refractivity contribution in [1.29, 1.82) is 0 Å². The highest BCUT2D eigenvalue weighted by atomic mass is 32.2. The SMILES string of the molecule is Cc1nn(C)c(C)c1S(=O)(=O)N(C)Cc1ccc(F)cc1F. The van der Waals surface area contributed by atoms with Gasteiger partial charge in [0.15, 0.2) is 0 Å². The molecule has 2 rings (SSSR count). The second-order valence-electron chi connectivity index (χ2n) is 5.12. The van der Waals surface area contributed by atoms with Crippen molar-refractivity contribution in [3.63, 3.8) is 0 Å². The second kappa shape index (κ2) is 5.77. The molecule has 0 unspecified atom stereocenters. The minimum Gasteiger partial charge on any atom is -0.271 e. The Labute approximate surface area is 128 Å². The van der Waals surface area contributed by atoms with E-state index < -0.39 is 21.7 Å². The molecule has 1 aromatic carbocycles. The first kappa shape index (κ1) is 16.6. The van der Waals surface area contributed by atoms with Crippen molar-refractivity contribution in [2.45, 2.75) is 25.3 Å². The first-order valence-electron chi connectivity index (χ1n) is 6.55. The fraction of sp³-hybridized carbons (Fsp3) is 0.357. The van der Waals surface area contributed by atoms with Crippen LogP contribution >= 0.6 is 0 Å². The molecule has 0 saturated carbocycles. The maximum Gasteiger partial charge on any atom is 0.246 e. The Hall–Kier alpha value is -1.80. The van der Waals surface area contributed by atoms with E-state index in [-0.39, 0.29) is 17.0 Å². The predicted molar refractivity (Wildman–Crippen MR) is 77.7 cm³/mol. The molecule has 0 amide bonds. The smallest absolute Gasteiger partial charge is 0.246 e. The lowest BCUT2D eigenvalue weighted by Gasteiger charge is -2.18. The zero-order valence-corrected chi connectivity index (χ0v) is 13.6. The van der Waals surface area contributed by atoms with Gasteiger partial charge in [-0.2, -0.15) is 9.40 Å². The first-order chi connectivity index (χ1) is 10.1. The Kier molecular flexibility index (Phi) is 4.35. The lowest BCUT2D eigenvalue weighted by Crippen LogP contribution is -2.27. The molecule has 0 aliphatic heterocycles. The fourth-order valence-corrected chi connectivity index (χ4v) is 3.80. The monoisotopic (exact) mass is 329 g/mol. The maximum atomic E-state index is 13.7. The second-order valence-corrected chi connectivity index (χ2v) is 7.10. The lowest BCUT2D eigenvalue weighted by molar-refractivity contribution is 0.454. The van der Waals surface area contributed by atoms with Crippen LogP contribution in [0.1, 0.15) is 17.0 Å². The van der Waals surface area contributed by atoms with E-state index in [1.54, 1.807) is 20.9 Å². The summed E-state index contributed by atoms with van der Waals surface area (Å²) in [5.41, 5.74) is 0.988. The Morgan fingerprint density at radius 1 is 1.27 bits per heavy atom. The maximum absolute atomic E-state index is 13.7. The largest absolute Gasteiger partial charge is 0.271 e.